The summed E-state index contributed by atoms with van der Waals surface area (Å²) in [6, 6.07) is 9.63. The lowest BCUT2D eigenvalue weighted by Gasteiger charge is -2.24. The maximum Gasteiger partial charge on any atom is 0.335 e. The number of rotatable bonds is 3. The Bertz CT molecular complexity index is 622. The minimum atomic E-state index is -0.842. The molecule has 0 amide bonds. The summed E-state index contributed by atoms with van der Waals surface area (Å²) in [5.41, 5.74) is 4.18. The van der Waals surface area contributed by atoms with Crippen LogP contribution >= 0.6 is 0 Å². The summed E-state index contributed by atoms with van der Waals surface area (Å²) in [6.07, 6.45) is 7.90. The second-order valence-corrected chi connectivity index (χ2v) is 5.46. The van der Waals surface area contributed by atoms with Gasteiger partial charge in [-0.2, -0.15) is 0 Å². The van der Waals surface area contributed by atoms with Gasteiger partial charge in [0.1, 0.15) is 0 Å². The lowest BCUT2D eigenvalue weighted by Crippen LogP contribution is -2.17. The predicted octanol–water partition coefficient (Wildman–Crippen LogP) is 3.13. The molecule has 20 heavy (non-hydrogen) atoms. The molecule has 0 fully saturated rings. The maximum absolute atomic E-state index is 11.0. The molecule has 1 unspecified atom stereocenters. The van der Waals surface area contributed by atoms with Crippen LogP contribution in [0.5, 0.6) is 0 Å². The van der Waals surface area contributed by atoms with Crippen molar-refractivity contribution in [3.63, 3.8) is 0 Å². The molecule has 3 heteroatoms. The van der Waals surface area contributed by atoms with Crippen molar-refractivity contribution >= 4 is 5.97 Å². The fourth-order valence-electron chi connectivity index (χ4n) is 2.99. The standard InChI is InChI=1S/C17H17NO2/c19-17(20)16-6-5-14-9-12(3-4-15(14)10-16)8-13-2-1-7-18-11-13/h1-2,5-7,10-12H,3-4,8-9H2,(H,19,20). The van der Waals surface area contributed by atoms with Gasteiger partial charge in [-0.3, -0.25) is 4.98 Å². The average molecular weight is 267 g/mol. The van der Waals surface area contributed by atoms with Gasteiger partial charge in [0.05, 0.1) is 5.56 Å². The Morgan fingerprint density at radius 2 is 2.20 bits per heavy atom. The quantitative estimate of drug-likeness (QED) is 0.929. The van der Waals surface area contributed by atoms with Crippen molar-refractivity contribution in [2.45, 2.75) is 25.7 Å². The van der Waals surface area contributed by atoms with Gasteiger partial charge in [-0.25, -0.2) is 4.79 Å². The molecular weight excluding hydrogens is 250 g/mol. The van der Waals surface area contributed by atoms with Gasteiger partial charge in [0.25, 0.3) is 0 Å². The van der Waals surface area contributed by atoms with Gasteiger partial charge >= 0.3 is 5.97 Å². The molecule has 0 aliphatic heterocycles. The van der Waals surface area contributed by atoms with Crippen LogP contribution in [-0.2, 0) is 19.3 Å². The SMILES string of the molecule is O=C(O)c1ccc2c(c1)CCC(Cc1cccnc1)C2. The number of hydrogen-bond donors (Lipinski definition) is 1. The summed E-state index contributed by atoms with van der Waals surface area (Å²) in [5.74, 6) is -0.215. The van der Waals surface area contributed by atoms with Crippen LogP contribution in [0.25, 0.3) is 0 Å². The first-order valence-corrected chi connectivity index (χ1v) is 6.96. The first kappa shape index (κ1) is 12.9. The number of nitrogens with zero attached hydrogens (tertiary/aromatic N) is 1. The van der Waals surface area contributed by atoms with Crippen LogP contribution in [0.15, 0.2) is 42.7 Å². The van der Waals surface area contributed by atoms with Crippen molar-refractivity contribution in [1.29, 1.82) is 0 Å². The van der Waals surface area contributed by atoms with Crippen LogP contribution in [0.1, 0.15) is 33.5 Å². The van der Waals surface area contributed by atoms with E-state index in [1.54, 1.807) is 12.3 Å². The van der Waals surface area contributed by atoms with E-state index < -0.39 is 5.97 Å². The second-order valence-electron chi connectivity index (χ2n) is 5.46. The number of pyridine rings is 1. The Balaban J connectivity index is 1.74. The third kappa shape index (κ3) is 2.72. The molecule has 1 aromatic carbocycles. The Morgan fingerprint density at radius 3 is 2.95 bits per heavy atom. The number of fused-ring (bicyclic) bond motifs is 1. The maximum atomic E-state index is 11.0. The van der Waals surface area contributed by atoms with E-state index in [1.165, 1.54) is 16.7 Å². The molecule has 0 saturated heterocycles. The fourth-order valence-corrected chi connectivity index (χ4v) is 2.99. The highest BCUT2D eigenvalue weighted by molar-refractivity contribution is 5.87. The van der Waals surface area contributed by atoms with Crippen LogP contribution in [0, 0.1) is 5.92 Å². The number of aromatic carboxylic acids is 1. The highest BCUT2D eigenvalue weighted by Crippen LogP contribution is 2.28. The van der Waals surface area contributed by atoms with Crippen LogP contribution in [0.2, 0.25) is 0 Å². The molecule has 0 radical (unpaired) electrons. The lowest BCUT2D eigenvalue weighted by molar-refractivity contribution is 0.0696. The van der Waals surface area contributed by atoms with Gasteiger partial charge in [0.2, 0.25) is 0 Å². The van der Waals surface area contributed by atoms with Gasteiger partial charge < -0.3 is 5.11 Å². The minimum absolute atomic E-state index is 0.398. The Morgan fingerprint density at radius 1 is 1.30 bits per heavy atom. The van der Waals surface area contributed by atoms with Gasteiger partial charge in [-0.1, -0.05) is 12.1 Å². The van der Waals surface area contributed by atoms with E-state index in [0.717, 1.165) is 25.7 Å². The molecule has 1 heterocycles. The van der Waals surface area contributed by atoms with E-state index in [2.05, 4.69) is 11.1 Å². The van der Waals surface area contributed by atoms with Crippen molar-refractivity contribution < 1.29 is 9.90 Å². The van der Waals surface area contributed by atoms with Crippen molar-refractivity contribution in [2.75, 3.05) is 0 Å². The van der Waals surface area contributed by atoms with Crippen molar-refractivity contribution in [3.05, 3.63) is 65.0 Å². The molecule has 3 nitrogen and oxygen atoms in total. The Kier molecular flexibility index (Phi) is 3.50. The fraction of sp³-hybridized carbons (Fsp3) is 0.294. The number of benzene rings is 1. The van der Waals surface area contributed by atoms with E-state index in [1.807, 2.05) is 24.4 Å². The Labute approximate surface area is 118 Å². The molecule has 0 saturated carbocycles. The van der Waals surface area contributed by atoms with Crippen LogP contribution in [-0.4, -0.2) is 16.1 Å². The lowest BCUT2D eigenvalue weighted by atomic mass is 9.80. The monoisotopic (exact) mass is 267 g/mol. The number of hydrogen-bond acceptors (Lipinski definition) is 2. The second kappa shape index (κ2) is 5.45. The van der Waals surface area contributed by atoms with Crippen molar-refractivity contribution in [1.82, 2.24) is 4.98 Å². The zero-order chi connectivity index (χ0) is 13.9. The molecule has 2 aromatic rings. The van der Waals surface area contributed by atoms with Crippen LogP contribution in [0.3, 0.4) is 0 Å². The van der Waals surface area contributed by atoms with Gasteiger partial charge in [-0.15, -0.1) is 0 Å². The predicted molar refractivity (Wildman–Crippen MR) is 76.9 cm³/mol. The van der Waals surface area contributed by atoms with E-state index >= 15 is 0 Å². The summed E-state index contributed by atoms with van der Waals surface area (Å²) < 4.78 is 0. The van der Waals surface area contributed by atoms with Crippen LogP contribution in [0.4, 0.5) is 0 Å². The zero-order valence-corrected chi connectivity index (χ0v) is 11.2. The molecule has 0 bridgehead atoms. The number of carbonyl (C=O) groups is 1. The first-order chi connectivity index (χ1) is 9.72. The van der Waals surface area contributed by atoms with Gasteiger partial charge in [0, 0.05) is 12.4 Å². The molecule has 3 rings (SSSR count). The van der Waals surface area contributed by atoms with Crippen LogP contribution < -0.4 is 0 Å². The molecular formula is C17H17NO2. The Hall–Kier alpha value is -2.16. The molecule has 1 aliphatic rings. The van der Waals surface area contributed by atoms with Gasteiger partial charge in [0.15, 0.2) is 0 Å². The summed E-state index contributed by atoms with van der Waals surface area (Å²) in [5, 5.41) is 9.03. The molecule has 1 atom stereocenters. The number of aryl methyl sites for hydroxylation is 1. The number of aromatic nitrogens is 1. The number of carboxylic acids is 1. The third-order valence-corrected chi connectivity index (χ3v) is 4.03. The summed E-state index contributed by atoms with van der Waals surface area (Å²) in [4.78, 5) is 15.1. The average Bonchev–Trinajstić information content (AvgIpc) is 2.47. The summed E-state index contributed by atoms with van der Waals surface area (Å²) in [7, 11) is 0. The molecule has 1 N–H and O–H groups in total. The van der Waals surface area contributed by atoms with E-state index in [9.17, 15) is 4.79 Å². The highest BCUT2D eigenvalue weighted by Gasteiger charge is 2.20. The third-order valence-electron chi connectivity index (χ3n) is 4.03. The summed E-state index contributed by atoms with van der Waals surface area (Å²) in [6.45, 7) is 0. The smallest absolute Gasteiger partial charge is 0.335 e. The topological polar surface area (TPSA) is 50.2 Å². The minimum Gasteiger partial charge on any atom is -0.478 e. The molecule has 1 aromatic heterocycles. The van der Waals surface area contributed by atoms with E-state index in [0.29, 0.717) is 11.5 Å². The van der Waals surface area contributed by atoms with E-state index in [-0.39, 0.29) is 0 Å². The van der Waals surface area contributed by atoms with Gasteiger partial charge in [-0.05, 0) is 66.5 Å². The summed E-state index contributed by atoms with van der Waals surface area (Å²) >= 11 is 0. The van der Waals surface area contributed by atoms with E-state index in [4.69, 9.17) is 5.11 Å². The number of carboxylic acid groups (broad SMARTS) is 1. The van der Waals surface area contributed by atoms with Crippen molar-refractivity contribution in [2.24, 2.45) is 5.92 Å². The molecule has 102 valence electrons. The zero-order valence-electron chi connectivity index (χ0n) is 11.2. The first-order valence-electron chi connectivity index (χ1n) is 6.96. The largest absolute Gasteiger partial charge is 0.478 e. The highest BCUT2D eigenvalue weighted by atomic mass is 16.4. The molecule has 1 aliphatic carbocycles. The molecule has 0 spiro atoms. The van der Waals surface area contributed by atoms with Crippen molar-refractivity contribution in [3.8, 4) is 0 Å². The normalized spacial score (nSPS) is 17.5.